The normalized spacial score (nSPS) is 20.2. The van der Waals surface area contributed by atoms with Crippen molar-refractivity contribution in [3.63, 3.8) is 0 Å². The summed E-state index contributed by atoms with van der Waals surface area (Å²) in [6.07, 6.45) is 19.4. The second-order valence-corrected chi connectivity index (χ2v) is 7.26. The maximum Gasteiger partial charge on any atom is 0.119 e. The maximum atomic E-state index is 5.45. The zero-order valence-electron chi connectivity index (χ0n) is 16.5. The van der Waals surface area contributed by atoms with Crippen molar-refractivity contribution in [2.24, 2.45) is 11.8 Å². The van der Waals surface area contributed by atoms with E-state index in [9.17, 15) is 0 Å². The highest BCUT2D eigenvalue weighted by Crippen LogP contribution is 2.32. The third kappa shape index (κ3) is 7.96. The molecule has 1 saturated carbocycles. The van der Waals surface area contributed by atoms with Gasteiger partial charge in [-0.25, -0.2) is 0 Å². The van der Waals surface area contributed by atoms with Crippen LogP contribution in [0.15, 0.2) is 42.5 Å². The van der Waals surface area contributed by atoms with Gasteiger partial charge >= 0.3 is 0 Å². The molecule has 140 valence electrons. The number of ether oxygens (including phenoxy) is 1. The van der Waals surface area contributed by atoms with E-state index in [0.29, 0.717) is 6.61 Å². The van der Waals surface area contributed by atoms with E-state index < -0.39 is 0 Å². The lowest BCUT2D eigenvalue weighted by molar-refractivity contribution is 0.289. The summed E-state index contributed by atoms with van der Waals surface area (Å²) in [5.74, 6) is 8.89. The highest BCUT2D eigenvalue weighted by atomic mass is 16.5. The van der Waals surface area contributed by atoms with Crippen LogP contribution in [0.1, 0.15) is 70.8 Å². The predicted molar refractivity (Wildman–Crippen MR) is 113 cm³/mol. The summed E-state index contributed by atoms with van der Waals surface area (Å²) in [6.45, 7) is 4.99. The molecular weight excluding hydrogens is 316 g/mol. The topological polar surface area (TPSA) is 9.23 Å². The van der Waals surface area contributed by atoms with Crippen LogP contribution in [0.2, 0.25) is 0 Å². The van der Waals surface area contributed by atoms with Crippen LogP contribution < -0.4 is 4.74 Å². The Morgan fingerprint density at radius 2 is 1.69 bits per heavy atom. The summed E-state index contributed by atoms with van der Waals surface area (Å²) in [5, 5.41) is 0. The Kier molecular flexibility index (Phi) is 9.73. The van der Waals surface area contributed by atoms with Crippen molar-refractivity contribution in [1.29, 1.82) is 0 Å². The minimum absolute atomic E-state index is 0.702. The number of hydrogen-bond donors (Lipinski definition) is 0. The number of hydrogen-bond acceptors (Lipinski definition) is 1. The first kappa shape index (κ1) is 20.4. The molecule has 0 spiro atoms. The van der Waals surface area contributed by atoms with Crippen molar-refractivity contribution in [2.75, 3.05) is 6.61 Å². The molecule has 26 heavy (non-hydrogen) atoms. The quantitative estimate of drug-likeness (QED) is 0.361. The summed E-state index contributed by atoms with van der Waals surface area (Å²) in [6, 6.07) is 8.10. The van der Waals surface area contributed by atoms with E-state index in [1.54, 1.807) is 0 Å². The highest BCUT2D eigenvalue weighted by molar-refractivity contribution is 5.54. The molecule has 0 aromatic heterocycles. The summed E-state index contributed by atoms with van der Waals surface area (Å²) in [5.41, 5.74) is 1.15. The molecule has 0 bridgehead atoms. The molecule has 0 N–H and O–H groups in total. The molecule has 0 heterocycles. The molecule has 0 amide bonds. The van der Waals surface area contributed by atoms with E-state index >= 15 is 0 Å². The zero-order valence-corrected chi connectivity index (χ0v) is 16.5. The van der Waals surface area contributed by atoms with Crippen LogP contribution in [0.25, 0.3) is 6.08 Å². The second-order valence-electron chi connectivity index (χ2n) is 7.26. The Bertz CT molecular complexity index is 604. The van der Waals surface area contributed by atoms with Gasteiger partial charge in [0, 0.05) is 0 Å². The molecule has 0 atom stereocenters. The monoisotopic (exact) mass is 350 g/mol. The lowest BCUT2D eigenvalue weighted by atomic mass is 9.79. The zero-order chi connectivity index (χ0) is 18.5. The molecule has 0 radical (unpaired) electrons. The van der Waals surface area contributed by atoms with Gasteiger partial charge in [0.05, 0.1) is 6.61 Å². The second kappa shape index (κ2) is 12.4. The minimum Gasteiger partial charge on any atom is -0.494 e. The number of allylic oxidation sites excluding steroid dienone is 3. The van der Waals surface area contributed by atoms with Gasteiger partial charge in [0.1, 0.15) is 5.75 Å². The standard InChI is InChI=1S/C25H34O/c1-3-5-8-11-22-14-16-23(17-15-22)12-9-6-7-10-13-24-18-20-25(21-19-24)26-4-2/h9-10,12-13,18-23H,3-5,8,11,14-17H2,1-2H3/b12-9+,13-10+/t22-,23-. The molecule has 1 heteroatoms. The van der Waals surface area contributed by atoms with Gasteiger partial charge in [-0.15, -0.1) is 0 Å². The Hall–Kier alpha value is -1.94. The maximum absolute atomic E-state index is 5.45. The molecule has 1 aliphatic rings. The van der Waals surface area contributed by atoms with Crippen molar-refractivity contribution in [3.05, 3.63) is 48.1 Å². The number of unbranched alkanes of at least 4 members (excludes halogenated alkanes) is 2. The van der Waals surface area contributed by atoms with Crippen LogP contribution >= 0.6 is 0 Å². The smallest absolute Gasteiger partial charge is 0.119 e. The van der Waals surface area contributed by atoms with Gasteiger partial charge in [-0.1, -0.05) is 62.7 Å². The average Bonchev–Trinajstić information content (AvgIpc) is 2.67. The molecule has 0 aliphatic heterocycles. The Labute approximate surface area is 160 Å². The number of benzene rings is 1. The van der Waals surface area contributed by atoms with Crippen molar-refractivity contribution in [2.45, 2.75) is 65.2 Å². The van der Waals surface area contributed by atoms with Crippen molar-refractivity contribution in [3.8, 4) is 17.6 Å². The fourth-order valence-corrected chi connectivity index (χ4v) is 3.61. The fraction of sp³-hybridized carbons (Fsp3) is 0.520. The molecule has 1 nitrogen and oxygen atoms in total. The van der Waals surface area contributed by atoms with Gasteiger partial charge in [0.2, 0.25) is 0 Å². The van der Waals surface area contributed by atoms with Crippen molar-refractivity contribution >= 4 is 6.08 Å². The Balaban J connectivity index is 1.67. The molecular formula is C25H34O. The van der Waals surface area contributed by atoms with Crippen LogP contribution in [0, 0.1) is 23.7 Å². The molecule has 2 rings (SSSR count). The van der Waals surface area contributed by atoms with Gasteiger partial charge < -0.3 is 4.74 Å². The molecule has 0 saturated heterocycles. The third-order valence-corrected chi connectivity index (χ3v) is 5.19. The van der Waals surface area contributed by atoms with Crippen LogP contribution in [0.5, 0.6) is 5.75 Å². The summed E-state index contributed by atoms with van der Waals surface area (Å²) >= 11 is 0. The SMILES string of the molecule is CCCCC[C@H]1CC[C@H](/C=C/C#C/C=C/c2ccc(OCC)cc2)CC1. The summed E-state index contributed by atoms with van der Waals surface area (Å²) in [4.78, 5) is 0. The summed E-state index contributed by atoms with van der Waals surface area (Å²) in [7, 11) is 0. The van der Waals surface area contributed by atoms with Crippen LogP contribution in [-0.4, -0.2) is 6.61 Å². The van der Waals surface area contributed by atoms with E-state index in [-0.39, 0.29) is 0 Å². The van der Waals surface area contributed by atoms with Gasteiger partial charge in [-0.05, 0) is 80.4 Å². The van der Waals surface area contributed by atoms with Gasteiger partial charge in [0.15, 0.2) is 0 Å². The Morgan fingerprint density at radius 1 is 0.962 bits per heavy atom. The average molecular weight is 351 g/mol. The largest absolute Gasteiger partial charge is 0.494 e. The van der Waals surface area contributed by atoms with Gasteiger partial charge in [0.25, 0.3) is 0 Å². The van der Waals surface area contributed by atoms with Crippen LogP contribution in [0.4, 0.5) is 0 Å². The van der Waals surface area contributed by atoms with Gasteiger partial charge in [-0.2, -0.15) is 0 Å². The van der Waals surface area contributed by atoms with Crippen LogP contribution in [-0.2, 0) is 0 Å². The third-order valence-electron chi connectivity index (χ3n) is 5.19. The Morgan fingerprint density at radius 3 is 2.38 bits per heavy atom. The van der Waals surface area contributed by atoms with E-state index in [1.807, 2.05) is 37.3 Å². The molecule has 1 fully saturated rings. The van der Waals surface area contributed by atoms with E-state index in [1.165, 1.54) is 51.4 Å². The fourth-order valence-electron chi connectivity index (χ4n) is 3.61. The highest BCUT2D eigenvalue weighted by Gasteiger charge is 2.18. The van der Waals surface area contributed by atoms with Crippen LogP contribution in [0.3, 0.4) is 0 Å². The lowest BCUT2D eigenvalue weighted by Crippen LogP contribution is -2.12. The van der Waals surface area contributed by atoms with E-state index in [2.05, 4.69) is 37.0 Å². The first-order valence-electron chi connectivity index (χ1n) is 10.4. The first-order chi connectivity index (χ1) is 12.8. The predicted octanol–water partition coefficient (Wildman–Crippen LogP) is 7.04. The summed E-state index contributed by atoms with van der Waals surface area (Å²) < 4.78 is 5.45. The number of rotatable bonds is 8. The molecule has 1 aromatic rings. The van der Waals surface area contributed by atoms with Gasteiger partial charge in [-0.3, -0.25) is 0 Å². The van der Waals surface area contributed by atoms with Crippen molar-refractivity contribution < 1.29 is 4.74 Å². The first-order valence-corrected chi connectivity index (χ1v) is 10.4. The molecule has 1 aliphatic carbocycles. The lowest BCUT2D eigenvalue weighted by Gasteiger charge is -2.26. The molecule has 0 unspecified atom stereocenters. The van der Waals surface area contributed by atoms with E-state index in [0.717, 1.165) is 23.1 Å². The minimum atomic E-state index is 0.702. The molecule has 1 aromatic carbocycles. The van der Waals surface area contributed by atoms with Crippen molar-refractivity contribution in [1.82, 2.24) is 0 Å². The van der Waals surface area contributed by atoms with E-state index in [4.69, 9.17) is 4.74 Å².